The van der Waals surface area contributed by atoms with Crippen LogP contribution >= 0.6 is 0 Å². The molecule has 0 amide bonds. The van der Waals surface area contributed by atoms with Gasteiger partial charge < -0.3 is 15.0 Å². The number of hydrogen-bond acceptors (Lipinski definition) is 8. The molecule has 0 aliphatic carbocycles. The Balaban J connectivity index is 1.25. The van der Waals surface area contributed by atoms with Crippen LogP contribution in [0.1, 0.15) is 43.7 Å². The summed E-state index contributed by atoms with van der Waals surface area (Å²) in [5.74, 6) is 0.280. The molecule has 15 heteroatoms. The maximum absolute atomic E-state index is 13.3. The van der Waals surface area contributed by atoms with E-state index in [0.717, 1.165) is 50.8 Å². The van der Waals surface area contributed by atoms with E-state index >= 15 is 0 Å². The summed E-state index contributed by atoms with van der Waals surface area (Å²) in [6.07, 6.45) is -3.54. The molecule has 2 fully saturated rings. The van der Waals surface area contributed by atoms with Crippen molar-refractivity contribution in [2.24, 2.45) is 0 Å². The molecule has 0 radical (unpaired) electrons. The van der Waals surface area contributed by atoms with E-state index < -0.39 is 40.8 Å². The van der Waals surface area contributed by atoms with Crippen molar-refractivity contribution >= 4 is 11.6 Å². The second kappa shape index (κ2) is 11.4. The zero-order valence-corrected chi connectivity index (χ0v) is 20.6. The first kappa shape index (κ1) is 28.1. The lowest BCUT2D eigenvalue weighted by molar-refractivity contribution is -0.139. The Morgan fingerprint density at radius 2 is 1.74 bits per heavy atom. The predicted octanol–water partition coefficient (Wildman–Crippen LogP) is 3.55. The van der Waals surface area contributed by atoms with Crippen LogP contribution in [0, 0.1) is 0 Å². The minimum atomic E-state index is -4.82. The van der Waals surface area contributed by atoms with Crippen LogP contribution in [0.3, 0.4) is 0 Å². The fraction of sp³-hybridized carbons (Fsp3) is 0.652. The van der Waals surface area contributed by atoms with Gasteiger partial charge in [0.05, 0.1) is 30.2 Å². The van der Waals surface area contributed by atoms with E-state index in [4.69, 9.17) is 4.74 Å². The van der Waals surface area contributed by atoms with E-state index in [9.17, 15) is 31.1 Å². The molecule has 2 aliphatic rings. The summed E-state index contributed by atoms with van der Waals surface area (Å²) in [6.45, 7) is 4.61. The number of likely N-dealkylation sites (tertiary alicyclic amines) is 1. The molecule has 2 atom stereocenters. The molecule has 38 heavy (non-hydrogen) atoms. The Kier molecular flexibility index (Phi) is 8.45. The molecule has 2 aliphatic heterocycles. The van der Waals surface area contributed by atoms with Crippen LogP contribution in [0.2, 0.25) is 0 Å². The number of rotatable bonds is 7. The number of aromatic nitrogens is 4. The Morgan fingerprint density at radius 1 is 1.05 bits per heavy atom. The van der Waals surface area contributed by atoms with Crippen LogP contribution in [0.4, 0.5) is 38.0 Å². The number of H-pyrrole nitrogens is 1. The van der Waals surface area contributed by atoms with Crippen LogP contribution in [0.25, 0.3) is 0 Å². The summed E-state index contributed by atoms with van der Waals surface area (Å²) in [5, 5.41) is 7.95. The van der Waals surface area contributed by atoms with Crippen molar-refractivity contribution in [2.75, 3.05) is 43.0 Å². The largest absolute Gasteiger partial charge is 0.423 e. The van der Waals surface area contributed by atoms with Crippen molar-refractivity contribution in [3.8, 4) is 0 Å². The number of ether oxygens (including phenoxy) is 1. The first-order valence-corrected chi connectivity index (χ1v) is 12.3. The molecule has 2 saturated heterocycles. The molecule has 2 aromatic heterocycles. The van der Waals surface area contributed by atoms with Gasteiger partial charge in [0.25, 0.3) is 5.56 Å². The summed E-state index contributed by atoms with van der Waals surface area (Å²) in [6, 6.07) is -0.221. The molecular formula is C23H29F6N7O2. The summed E-state index contributed by atoms with van der Waals surface area (Å²) in [5.41, 5.74) is -3.91. The lowest BCUT2D eigenvalue weighted by Crippen LogP contribution is -2.50. The zero-order chi connectivity index (χ0) is 27.5. The normalized spacial score (nSPS) is 20.9. The van der Waals surface area contributed by atoms with Crippen molar-refractivity contribution in [3.63, 3.8) is 0 Å². The smallest absolute Gasteiger partial charge is 0.378 e. The first-order chi connectivity index (χ1) is 17.9. The second-order valence-electron chi connectivity index (χ2n) is 9.61. The van der Waals surface area contributed by atoms with Gasteiger partial charge in [-0.3, -0.25) is 9.69 Å². The monoisotopic (exact) mass is 549 g/mol. The first-order valence-electron chi connectivity index (χ1n) is 12.3. The molecule has 0 spiro atoms. The summed E-state index contributed by atoms with van der Waals surface area (Å²) >= 11 is 0. The van der Waals surface area contributed by atoms with Gasteiger partial charge in [0, 0.05) is 44.1 Å². The molecule has 2 N–H and O–H groups in total. The van der Waals surface area contributed by atoms with E-state index in [1.165, 1.54) is 0 Å². The summed E-state index contributed by atoms with van der Waals surface area (Å²) < 4.78 is 84.0. The maximum Gasteiger partial charge on any atom is 0.423 e. The van der Waals surface area contributed by atoms with Gasteiger partial charge in [-0.15, -0.1) is 0 Å². The van der Waals surface area contributed by atoms with E-state index in [-0.39, 0.29) is 24.7 Å². The van der Waals surface area contributed by atoms with E-state index in [1.807, 2.05) is 4.90 Å². The Morgan fingerprint density at radius 3 is 2.37 bits per heavy atom. The fourth-order valence-electron chi connectivity index (χ4n) is 4.87. The highest BCUT2D eigenvalue weighted by Crippen LogP contribution is 2.32. The number of halogens is 6. The SMILES string of the molecule is C[C@@H](CO[C@@H]1CCCN(C2CCN(c3ncc(C(F)(F)F)cn3)CC2)C1)Nc1cn[nH]c(=O)c1C(F)(F)F. The molecule has 4 rings (SSSR count). The number of alkyl halides is 6. The molecule has 2 aromatic rings. The van der Waals surface area contributed by atoms with Gasteiger partial charge in [-0.2, -0.15) is 31.4 Å². The average Bonchev–Trinajstić information content (AvgIpc) is 2.87. The number of anilines is 2. The zero-order valence-electron chi connectivity index (χ0n) is 20.6. The van der Waals surface area contributed by atoms with Gasteiger partial charge in [-0.05, 0) is 39.2 Å². The molecule has 0 unspecified atom stereocenters. The third-order valence-electron chi connectivity index (χ3n) is 6.76. The van der Waals surface area contributed by atoms with Crippen molar-refractivity contribution < 1.29 is 31.1 Å². The lowest BCUT2D eigenvalue weighted by Gasteiger charge is -2.42. The fourth-order valence-corrected chi connectivity index (χ4v) is 4.87. The maximum atomic E-state index is 13.3. The molecule has 4 heterocycles. The third-order valence-corrected chi connectivity index (χ3v) is 6.76. The minimum absolute atomic E-state index is 0.0938. The molecule has 0 bridgehead atoms. The predicted molar refractivity (Wildman–Crippen MR) is 126 cm³/mol. The van der Waals surface area contributed by atoms with Crippen molar-refractivity contribution in [2.45, 2.75) is 63.1 Å². The highest BCUT2D eigenvalue weighted by Gasteiger charge is 2.38. The van der Waals surface area contributed by atoms with Crippen molar-refractivity contribution in [1.29, 1.82) is 0 Å². The molecule has 0 saturated carbocycles. The second-order valence-corrected chi connectivity index (χ2v) is 9.61. The molecule has 210 valence electrons. The van der Waals surface area contributed by atoms with Crippen molar-refractivity contribution in [1.82, 2.24) is 25.1 Å². The molecular weight excluding hydrogens is 520 g/mol. The Bertz CT molecular complexity index is 1120. The minimum Gasteiger partial charge on any atom is -0.378 e. The van der Waals surface area contributed by atoms with Crippen LogP contribution in [-0.2, 0) is 17.1 Å². The van der Waals surface area contributed by atoms with E-state index in [1.54, 1.807) is 12.0 Å². The van der Waals surface area contributed by atoms with Gasteiger partial charge in [0.15, 0.2) is 0 Å². The average molecular weight is 550 g/mol. The topological polar surface area (TPSA) is 99.3 Å². The lowest BCUT2D eigenvalue weighted by atomic mass is 9.99. The Labute approximate surface area is 214 Å². The van der Waals surface area contributed by atoms with Crippen LogP contribution in [0.15, 0.2) is 23.4 Å². The van der Waals surface area contributed by atoms with E-state index in [0.29, 0.717) is 19.6 Å². The van der Waals surface area contributed by atoms with Crippen molar-refractivity contribution in [3.05, 3.63) is 40.1 Å². The summed E-state index contributed by atoms with van der Waals surface area (Å²) in [7, 11) is 0. The van der Waals surface area contributed by atoms with Gasteiger partial charge in [0.1, 0.15) is 5.56 Å². The molecule has 9 nitrogen and oxygen atoms in total. The van der Waals surface area contributed by atoms with Gasteiger partial charge in [-0.25, -0.2) is 15.1 Å². The van der Waals surface area contributed by atoms with Crippen LogP contribution in [-0.4, -0.2) is 76.0 Å². The highest BCUT2D eigenvalue weighted by molar-refractivity contribution is 5.50. The van der Waals surface area contributed by atoms with E-state index in [2.05, 4.69) is 25.3 Å². The number of nitrogens with one attached hydrogen (secondary N) is 2. The Hall–Kier alpha value is -2.94. The quantitative estimate of drug-likeness (QED) is 0.506. The molecule has 0 aromatic carbocycles. The number of piperidine rings is 2. The highest BCUT2D eigenvalue weighted by atomic mass is 19.4. The number of hydrogen-bond donors (Lipinski definition) is 2. The van der Waals surface area contributed by atoms with Gasteiger partial charge in [-0.1, -0.05) is 0 Å². The summed E-state index contributed by atoms with van der Waals surface area (Å²) in [4.78, 5) is 23.6. The number of aromatic amines is 1. The van der Waals surface area contributed by atoms with Crippen LogP contribution in [0.5, 0.6) is 0 Å². The van der Waals surface area contributed by atoms with Crippen LogP contribution < -0.4 is 15.8 Å². The standard InChI is InChI=1S/C23H29F6N7O2/c1-14(33-18-11-32-34-20(37)19(18)23(27,28)29)13-38-17-3-2-6-36(12-17)16-4-7-35(8-5-16)21-30-9-15(10-31-21)22(24,25)26/h9-11,14,16-17H,2-8,12-13H2,1H3,(H2,33,34,37)/t14-,17+/m0/s1. The van der Waals surface area contributed by atoms with Gasteiger partial charge in [0.2, 0.25) is 5.95 Å². The number of nitrogens with zero attached hydrogens (tertiary/aromatic N) is 5. The third kappa shape index (κ3) is 6.92. The van der Waals surface area contributed by atoms with Gasteiger partial charge >= 0.3 is 12.4 Å².